The standard InChI is InChI=1S/C11H22N2/c1-9-8-10(2,3)13-11(12-9)6-4-5-7-11/h9,12-13H,4-8H2,1-3H3/t9-/m0/s1. The molecule has 0 unspecified atom stereocenters. The van der Waals surface area contributed by atoms with Crippen LogP contribution in [0.25, 0.3) is 0 Å². The molecule has 1 aliphatic carbocycles. The van der Waals surface area contributed by atoms with Crippen molar-refractivity contribution < 1.29 is 0 Å². The van der Waals surface area contributed by atoms with Gasteiger partial charge in [0.15, 0.2) is 0 Å². The number of hydrogen-bond acceptors (Lipinski definition) is 2. The number of nitrogens with one attached hydrogen (secondary N) is 2. The third-order valence-electron chi connectivity index (χ3n) is 3.37. The minimum absolute atomic E-state index is 0.279. The third-order valence-corrected chi connectivity index (χ3v) is 3.37. The molecule has 13 heavy (non-hydrogen) atoms. The first kappa shape index (κ1) is 9.47. The molecule has 2 N–H and O–H groups in total. The van der Waals surface area contributed by atoms with Crippen molar-refractivity contribution >= 4 is 0 Å². The Hall–Kier alpha value is -0.0800. The van der Waals surface area contributed by atoms with Crippen molar-refractivity contribution in [3.05, 3.63) is 0 Å². The molecule has 0 radical (unpaired) electrons. The van der Waals surface area contributed by atoms with Crippen LogP contribution in [0.3, 0.4) is 0 Å². The predicted molar refractivity (Wildman–Crippen MR) is 55.6 cm³/mol. The van der Waals surface area contributed by atoms with Crippen molar-refractivity contribution in [2.45, 2.75) is 70.1 Å². The maximum absolute atomic E-state index is 3.79. The van der Waals surface area contributed by atoms with Crippen LogP contribution in [-0.2, 0) is 0 Å². The lowest BCUT2D eigenvalue weighted by Gasteiger charge is -2.48. The fourth-order valence-electron chi connectivity index (χ4n) is 3.27. The molecule has 2 rings (SSSR count). The molecule has 0 aromatic carbocycles. The van der Waals surface area contributed by atoms with Crippen LogP contribution in [0.5, 0.6) is 0 Å². The summed E-state index contributed by atoms with van der Waals surface area (Å²) in [6.07, 6.45) is 6.60. The van der Waals surface area contributed by atoms with Crippen LogP contribution in [0, 0.1) is 0 Å². The van der Waals surface area contributed by atoms with Crippen molar-refractivity contribution in [1.82, 2.24) is 10.6 Å². The van der Waals surface area contributed by atoms with Gasteiger partial charge in [-0.2, -0.15) is 0 Å². The zero-order valence-electron chi connectivity index (χ0n) is 9.11. The van der Waals surface area contributed by atoms with Gasteiger partial charge in [0.05, 0.1) is 5.66 Å². The highest BCUT2D eigenvalue weighted by Crippen LogP contribution is 2.34. The van der Waals surface area contributed by atoms with Gasteiger partial charge in [-0.3, -0.25) is 10.6 Å². The molecular weight excluding hydrogens is 160 g/mol. The lowest BCUT2D eigenvalue weighted by atomic mass is 9.88. The average Bonchev–Trinajstić information content (AvgIpc) is 2.31. The summed E-state index contributed by atoms with van der Waals surface area (Å²) in [4.78, 5) is 0. The van der Waals surface area contributed by atoms with Gasteiger partial charge in [-0.25, -0.2) is 0 Å². The van der Waals surface area contributed by atoms with Gasteiger partial charge in [0.25, 0.3) is 0 Å². The van der Waals surface area contributed by atoms with E-state index in [0.29, 0.717) is 11.6 Å². The third kappa shape index (κ3) is 1.89. The topological polar surface area (TPSA) is 24.1 Å². The van der Waals surface area contributed by atoms with Gasteiger partial charge in [-0.05, 0) is 40.0 Å². The Bertz CT molecular complexity index is 192. The van der Waals surface area contributed by atoms with Gasteiger partial charge >= 0.3 is 0 Å². The van der Waals surface area contributed by atoms with E-state index in [4.69, 9.17) is 0 Å². The van der Waals surface area contributed by atoms with E-state index >= 15 is 0 Å². The molecule has 2 fully saturated rings. The molecule has 76 valence electrons. The number of hydrogen-bond donors (Lipinski definition) is 2. The van der Waals surface area contributed by atoms with E-state index in [1.807, 2.05) is 0 Å². The molecule has 1 spiro atoms. The van der Waals surface area contributed by atoms with Crippen LogP contribution in [0.4, 0.5) is 0 Å². The van der Waals surface area contributed by atoms with Crippen LogP contribution in [0.2, 0.25) is 0 Å². The lowest BCUT2D eigenvalue weighted by molar-refractivity contribution is 0.105. The Kier molecular flexibility index (Phi) is 2.16. The van der Waals surface area contributed by atoms with Gasteiger partial charge in [0, 0.05) is 11.6 Å². The summed E-state index contributed by atoms with van der Waals surface area (Å²) in [6, 6.07) is 0.661. The molecule has 1 heterocycles. The normalized spacial score (nSPS) is 36.7. The van der Waals surface area contributed by atoms with Crippen molar-refractivity contribution in [2.75, 3.05) is 0 Å². The van der Waals surface area contributed by atoms with E-state index < -0.39 is 0 Å². The SMILES string of the molecule is C[C@H]1CC(C)(C)NC2(CCCC2)N1. The highest BCUT2D eigenvalue weighted by atomic mass is 15.3. The molecule has 1 atom stereocenters. The molecule has 2 nitrogen and oxygen atoms in total. The molecule has 0 bridgehead atoms. The summed E-state index contributed by atoms with van der Waals surface area (Å²) in [7, 11) is 0. The second-order valence-corrected chi connectivity index (χ2v) is 5.55. The van der Waals surface area contributed by atoms with Crippen LogP contribution in [0.1, 0.15) is 52.9 Å². The average molecular weight is 182 g/mol. The molecular formula is C11H22N2. The molecule has 2 aliphatic rings. The van der Waals surface area contributed by atoms with Crippen LogP contribution in [-0.4, -0.2) is 17.2 Å². The Balaban J connectivity index is 2.12. The van der Waals surface area contributed by atoms with Crippen LogP contribution in [0.15, 0.2) is 0 Å². The zero-order chi connectivity index (χ0) is 9.53. The van der Waals surface area contributed by atoms with E-state index in [1.54, 1.807) is 0 Å². The minimum Gasteiger partial charge on any atom is -0.297 e. The Morgan fingerprint density at radius 1 is 1.15 bits per heavy atom. The van der Waals surface area contributed by atoms with E-state index in [-0.39, 0.29) is 5.66 Å². The van der Waals surface area contributed by atoms with Gasteiger partial charge in [-0.15, -0.1) is 0 Å². The summed E-state index contributed by atoms with van der Waals surface area (Å²) >= 11 is 0. The van der Waals surface area contributed by atoms with Crippen LogP contribution >= 0.6 is 0 Å². The summed E-state index contributed by atoms with van der Waals surface area (Å²) < 4.78 is 0. The fourth-order valence-corrected chi connectivity index (χ4v) is 3.27. The first-order valence-electron chi connectivity index (χ1n) is 5.58. The maximum atomic E-state index is 3.79. The minimum atomic E-state index is 0.279. The predicted octanol–water partition coefficient (Wildman–Crippen LogP) is 2.01. The first-order valence-corrected chi connectivity index (χ1v) is 5.58. The highest BCUT2D eigenvalue weighted by molar-refractivity contribution is 5.02. The lowest BCUT2D eigenvalue weighted by Crippen LogP contribution is -2.69. The Labute approximate surface area is 81.5 Å². The fraction of sp³-hybridized carbons (Fsp3) is 1.00. The van der Waals surface area contributed by atoms with Crippen molar-refractivity contribution in [3.63, 3.8) is 0 Å². The molecule has 0 amide bonds. The first-order chi connectivity index (χ1) is 6.02. The highest BCUT2D eigenvalue weighted by Gasteiger charge is 2.42. The maximum Gasteiger partial charge on any atom is 0.0693 e. The molecule has 0 aromatic heterocycles. The second kappa shape index (κ2) is 2.96. The summed E-state index contributed by atoms with van der Waals surface area (Å²) in [5, 5.41) is 7.52. The smallest absolute Gasteiger partial charge is 0.0693 e. The van der Waals surface area contributed by atoms with Crippen molar-refractivity contribution in [1.29, 1.82) is 0 Å². The molecule has 1 aliphatic heterocycles. The molecule has 2 heteroatoms. The summed E-state index contributed by atoms with van der Waals surface area (Å²) in [5.41, 5.74) is 0.593. The monoisotopic (exact) mass is 182 g/mol. The van der Waals surface area contributed by atoms with Gasteiger partial charge in [-0.1, -0.05) is 12.8 Å². The van der Waals surface area contributed by atoms with Crippen molar-refractivity contribution in [3.8, 4) is 0 Å². The number of rotatable bonds is 0. The second-order valence-electron chi connectivity index (χ2n) is 5.55. The quantitative estimate of drug-likeness (QED) is 0.599. The molecule has 1 saturated carbocycles. The van der Waals surface area contributed by atoms with Gasteiger partial charge < -0.3 is 0 Å². The van der Waals surface area contributed by atoms with E-state index in [9.17, 15) is 0 Å². The Morgan fingerprint density at radius 3 is 2.31 bits per heavy atom. The van der Waals surface area contributed by atoms with Crippen molar-refractivity contribution in [2.24, 2.45) is 0 Å². The van der Waals surface area contributed by atoms with E-state index in [2.05, 4.69) is 31.4 Å². The summed E-state index contributed by atoms with van der Waals surface area (Å²) in [5.74, 6) is 0. The zero-order valence-corrected chi connectivity index (χ0v) is 9.11. The largest absolute Gasteiger partial charge is 0.297 e. The molecule has 1 saturated heterocycles. The van der Waals surface area contributed by atoms with E-state index in [1.165, 1.54) is 32.1 Å². The molecule has 0 aromatic rings. The van der Waals surface area contributed by atoms with Gasteiger partial charge in [0.1, 0.15) is 0 Å². The Morgan fingerprint density at radius 2 is 1.77 bits per heavy atom. The van der Waals surface area contributed by atoms with Gasteiger partial charge in [0.2, 0.25) is 0 Å². The van der Waals surface area contributed by atoms with E-state index in [0.717, 1.165) is 0 Å². The summed E-state index contributed by atoms with van der Waals surface area (Å²) in [6.45, 7) is 6.96. The van der Waals surface area contributed by atoms with Crippen LogP contribution < -0.4 is 10.6 Å².